The number of aliphatic hydroxyl groups is 1. The summed E-state index contributed by atoms with van der Waals surface area (Å²) in [5.74, 6) is -0.975. The van der Waals surface area contributed by atoms with Gasteiger partial charge in [-0.1, -0.05) is 13.8 Å². The molecule has 6 heteroatoms. The van der Waals surface area contributed by atoms with Gasteiger partial charge < -0.3 is 19.3 Å². The molecule has 2 atom stereocenters. The second-order valence-corrected chi connectivity index (χ2v) is 4.75. The number of esters is 2. The zero-order valence-electron chi connectivity index (χ0n) is 13.4. The summed E-state index contributed by atoms with van der Waals surface area (Å²) in [6.07, 6.45) is 1.21. The number of rotatable bonds is 9. The zero-order valence-corrected chi connectivity index (χ0v) is 13.4. The van der Waals surface area contributed by atoms with Crippen molar-refractivity contribution < 1.29 is 28.9 Å². The monoisotopic (exact) mass is 302 g/mol. The molecule has 122 valence electrons. The molecule has 0 aromatic carbocycles. The van der Waals surface area contributed by atoms with Crippen LogP contribution in [0, 0.1) is 0 Å². The predicted molar refractivity (Wildman–Crippen MR) is 77.7 cm³/mol. The standard InChI is InChI=1S/C15H26O6/c1-6-12(7-2)21-14(8-10(3)15(18)19-5)13(17)9-20-11(4)16/h8,12-14,17H,6-7,9H2,1-5H3/b10-8+/t13-,14-/m0/s1. The fourth-order valence-electron chi connectivity index (χ4n) is 1.72. The predicted octanol–water partition coefficient (Wildman–Crippen LogP) is 1.60. The average molecular weight is 302 g/mol. The van der Waals surface area contributed by atoms with Crippen LogP contribution >= 0.6 is 0 Å². The van der Waals surface area contributed by atoms with Crippen molar-refractivity contribution in [2.75, 3.05) is 13.7 Å². The van der Waals surface area contributed by atoms with Crippen molar-refractivity contribution in [1.29, 1.82) is 0 Å². The SMILES string of the molecule is CCC(CC)O[C@@H](/C=C(\C)C(=O)OC)[C@@H](O)COC(C)=O. The summed E-state index contributed by atoms with van der Waals surface area (Å²) in [6, 6.07) is 0. The maximum absolute atomic E-state index is 11.4. The summed E-state index contributed by atoms with van der Waals surface area (Å²) in [6.45, 7) is 6.60. The van der Waals surface area contributed by atoms with Gasteiger partial charge in [-0.3, -0.25) is 4.79 Å². The molecular formula is C15H26O6. The van der Waals surface area contributed by atoms with Crippen LogP contribution < -0.4 is 0 Å². The van der Waals surface area contributed by atoms with E-state index >= 15 is 0 Å². The van der Waals surface area contributed by atoms with E-state index in [4.69, 9.17) is 9.47 Å². The summed E-state index contributed by atoms with van der Waals surface area (Å²) in [7, 11) is 1.28. The smallest absolute Gasteiger partial charge is 0.333 e. The van der Waals surface area contributed by atoms with Gasteiger partial charge in [0.2, 0.25) is 0 Å². The largest absolute Gasteiger partial charge is 0.466 e. The molecule has 0 saturated carbocycles. The molecule has 0 fully saturated rings. The molecule has 0 rings (SSSR count). The Morgan fingerprint density at radius 1 is 1.19 bits per heavy atom. The van der Waals surface area contributed by atoms with Crippen molar-refractivity contribution in [1.82, 2.24) is 0 Å². The van der Waals surface area contributed by atoms with E-state index in [9.17, 15) is 14.7 Å². The van der Waals surface area contributed by atoms with Crippen LogP contribution in [0.2, 0.25) is 0 Å². The first kappa shape index (κ1) is 19.6. The van der Waals surface area contributed by atoms with E-state index in [0.29, 0.717) is 5.57 Å². The fourth-order valence-corrected chi connectivity index (χ4v) is 1.72. The zero-order chi connectivity index (χ0) is 16.4. The van der Waals surface area contributed by atoms with E-state index < -0.39 is 24.1 Å². The highest BCUT2D eigenvalue weighted by molar-refractivity contribution is 5.87. The number of aliphatic hydroxyl groups excluding tert-OH is 1. The molecule has 0 radical (unpaired) electrons. The summed E-state index contributed by atoms with van der Waals surface area (Å²) in [5, 5.41) is 10.1. The Bertz CT molecular complexity index is 359. The molecule has 0 aromatic rings. The van der Waals surface area contributed by atoms with Gasteiger partial charge in [0.25, 0.3) is 0 Å². The maximum Gasteiger partial charge on any atom is 0.333 e. The molecule has 0 aliphatic rings. The average Bonchev–Trinajstić information content (AvgIpc) is 2.47. The second kappa shape index (κ2) is 10.3. The van der Waals surface area contributed by atoms with E-state index in [0.717, 1.165) is 12.8 Å². The van der Waals surface area contributed by atoms with E-state index in [1.165, 1.54) is 20.1 Å². The first-order chi connectivity index (χ1) is 9.85. The number of ether oxygens (including phenoxy) is 3. The minimum atomic E-state index is -1.05. The molecule has 0 spiro atoms. The van der Waals surface area contributed by atoms with Crippen LogP contribution in [-0.4, -0.2) is 49.1 Å². The topological polar surface area (TPSA) is 82.1 Å². The van der Waals surface area contributed by atoms with Crippen molar-refractivity contribution in [2.24, 2.45) is 0 Å². The quantitative estimate of drug-likeness (QED) is 0.514. The summed E-state index contributed by atoms with van der Waals surface area (Å²) in [5.41, 5.74) is 0.329. The van der Waals surface area contributed by atoms with Crippen molar-refractivity contribution in [3.05, 3.63) is 11.6 Å². The van der Waals surface area contributed by atoms with E-state index in [1.807, 2.05) is 13.8 Å². The van der Waals surface area contributed by atoms with Crippen LogP contribution in [0.3, 0.4) is 0 Å². The van der Waals surface area contributed by atoms with E-state index in [-0.39, 0.29) is 12.7 Å². The first-order valence-corrected chi connectivity index (χ1v) is 7.09. The molecular weight excluding hydrogens is 276 g/mol. The molecule has 0 amide bonds. The maximum atomic E-state index is 11.4. The molecule has 0 unspecified atom stereocenters. The van der Waals surface area contributed by atoms with Crippen LogP contribution in [0.1, 0.15) is 40.5 Å². The molecule has 0 aliphatic carbocycles. The summed E-state index contributed by atoms with van der Waals surface area (Å²) >= 11 is 0. The number of carbonyl (C=O) groups excluding carboxylic acids is 2. The Hall–Kier alpha value is -1.40. The summed E-state index contributed by atoms with van der Waals surface area (Å²) in [4.78, 5) is 22.3. The van der Waals surface area contributed by atoms with Crippen molar-refractivity contribution >= 4 is 11.9 Å². The second-order valence-electron chi connectivity index (χ2n) is 4.75. The van der Waals surface area contributed by atoms with Gasteiger partial charge in [0, 0.05) is 12.5 Å². The third-order valence-electron chi connectivity index (χ3n) is 3.02. The number of hydrogen-bond acceptors (Lipinski definition) is 6. The van der Waals surface area contributed by atoms with Crippen LogP contribution in [-0.2, 0) is 23.8 Å². The van der Waals surface area contributed by atoms with Crippen LogP contribution in [0.15, 0.2) is 11.6 Å². The van der Waals surface area contributed by atoms with Crippen LogP contribution in [0.5, 0.6) is 0 Å². The minimum absolute atomic E-state index is 0.0522. The Labute approximate surface area is 126 Å². The number of methoxy groups -OCH3 is 1. The fraction of sp³-hybridized carbons (Fsp3) is 0.733. The number of hydrogen-bond donors (Lipinski definition) is 1. The Morgan fingerprint density at radius 2 is 1.76 bits per heavy atom. The van der Waals surface area contributed by atoms with E-state index in [1.54, 1.807) is 6.92 Å². The molecule has 0 heterocycles. The van der Waals surface area contributed by atoms with Gasteiger partial charge in [0.05, 0.1) is 13.2 Å². The minimum Gasteiger partial charge on any atom is -0.466 e. The Kier molecular flexibility index (Phi) is 9.65. The third-order valence-corrected chi connectivity index (χ3v) is 3.02. The van der Waals surface area contributed by atoms with Crippen molar-refractivity contribution in [3.63, 3.8) is 0 Å². The highest BCUT2D eigenvalue weighted by Crippen LogP contribution is 2.14. The highest BCUT2D eigenvalue weighted by Gasteiger charge is 2.23. The third kappa shape index (κ3) is 7.82. The molecule has 0 aliphatic heterocycles. The molecule has 0 saturated heterocycles. The highest BCUT2D eigenvalue weighted by atomic mass is 16.6. The lowest BCUT2D eigenvalue weighted by molar-refractivity contribution is -0.148. The Morgan fingerprint density at radius 3 is 2.19 bits per heavy atom. The molecule has 6 nitrogen and oxygen atoms in total. The first-order valence-electron chi connectivity index (χ1n) is 7.09. The van der Waals surface area contributed by atoms with Crippen LogP contribution in [0.25, 0.3) is 0 Å². The molecule has 1 N–H and O–H groups in total. The van der Waals surface area contributed by atoms with Gasteiger partial charge >= 0.3 is 11.9 Å². The van der Waals surface area contributed by atoms with Crippen LogP contribution in [0.4, 0.5) is 0 Å². The van der Waals surface area contributed by atoms with Gasteiger partial charge in [-0.25, -0.2) is 4.79 Å². The van der Waals surface area contributed by atoms with Gasteiger partial charge in [0.1, 0.15) is 18.8 Å². The molecule has 0 aromatic heterocycles. The van der Waals surface area contributed by atoms with Crippen molar-refractivity contribution in [2.45, 2.75) is 58.8 Å². The van der Waals surface area contributed by atoms with E-state index in [2.05, 4.69) is 4.74 Å². The lowest BCUT2D eigenvalue weighted by Gasteiger charge is -2.25. The summed E-state index contributed by atoms with van der Waals surface area (Å²) < 4.78 is 15.2. The van der Waals surface area contributed by atoms with Gasteiger partial charge in [0.15, 0.2) is 0 Å². The lowest BCUT2D eigenvalue weighted by Crippen LogP contribution is -2.35. The molecule has 0 bridgehead atoms. The van der Waals surface area contributed by atoms with Gasteiger partial charge in [-0.05, 0) is 25.8 Å². The number of carbonyl (C=O) groups is 2. The van der Waals surface area contributed by atoms with Gasteiger partial charge in [-0.2, -0.15) is 0 Å². The van der Waals surface area contributed by atoms with Crippen molar-refractivity contribution in [3.8, 4) is 0 Å². The molecule has 21 heavy (non-hydrogen) atoms. The lowest BCUT2D eigenvalue weighted by atomic mass is 10.1. The van der Waals surface area contributed by atoms with Gasteiger partial charge in [-0.15, -0.1) is 0 Å². The Balaban J connectivity index is 4.98. The normalized spacial score (nSPS) is 14.7.